The maximum atomic E-state index is 15.5. The second-order valence-corrected chi connectivity index (χ2v) is 10.4. The van der Waals surface area contributed by atoms with Crippen molar-refractivity contribution in [3.63, 3.8) is 0 Å². The number of thiophene rings is 1. The van der Waals surface area contributed by atoms with Crippen LogP contribution in [0, 0.1) is 11.7 Å². The van der Waals surface area contributed by atoms with Gasteiger partial charge in [-0.15, -0.1) is 11.3 Å². The third kappa shape index (κ3) is 4.70. The maximum absolute atomic E-state index is 15.5. The van der Waals surface area contributed by atoms with Gasteiger partial charge in [0.25, 0.3) is 0 Å². The molecule has 2 heterocycles. The highest BCUT2D eigenvalue weighted by molar-refractivity contribution is 7.10. The molecule has 2 aliphatic rings. The number of para-hydroxylation sites is 1. The molecule has 1 aliphatic carbocycles. The quantitative estimate of drug-likeness (QED) is 0.305. The number of halogens is 1. The fourth-order valence-corrected chi connectivity index (χ4v) is 6.47. The first-order valence-electron chi connectivity index (χ1n) is 13.1. The highest BCUT2D eigenvalue weighted by atomic mass is 32.1. The van der Waals surface area contributed by atoms with Gasteiger partial charge in [0, 0.05) is 33.3 Å². The highest BCUT2D eigenvalue weighted by Crippen LogP contribution is 2.52. The molecule has 3 atom stereocenters. The van der Waals surface area contributed by atoms with E-state index in [1.807, 2.05) is 47.8 Å². The van der Waals surface area contributed by atoms with Crippen LogP contribution in [0.2, 0.25) is 0 Å². The van der Waals surface area contributed by atoms with Crippen molar-refractivity contribution in [2.45, 2.75) is 32.1 Å². The van der Waals surface area contributed by atoms with E-state index in [9.17, 15) is 14.4 Å². The van der Waals surface area contributed by atoms with Crippen molar-refractivity contribution in [1.29, 1.82) is 0 Å². The molecule has 0 amide bonds. The summed E-state index contributed by atoms with van der Waals surface area (Å²) in [6.07, 6.45) is 0.238. The van der Waals surface area contributed by atoms with Gasteiger partial charge in [-0.2, -0.15) is 0 Å². The van der Waals surface area contributed by atoms with Gasteiger partial charge in [-0.3, -0.25) is 14.5 Å². The van der Waals surface area contributed by atoms with E-state index in [2.05, 4.69) is 0 Å². The first-order chi connectivity index (χ1) is 19.4. The number of carbonyl (C=O) groups excluding carboxylic acids is 3. The zero-order valence-corrected chi connectivity index (χ0v) is 23.0. The predicted molar refractivity (Wildman–Crippen MR) is 150 cm³/mol. The van der Waals surface area contributed by atoms with Gasteiger partial charge in [-0.25, -0.2) is 9.18 Å². The van der Waals surface area contributed by atoms with Crippen LogP contribution in [-0.2, 0) is 23.9 Å². The summed E-state index contributed by atoms with van der Waals surface area (Å²) in [5.41, 5.74) is 8.08. The molecule has 7 nitrogen and oxygen atoms in total. The molecule has 2 N–H and O–H groups in total. The van der Waals surface area contributed by atoms with Crippen LogP contribution in [0.4, 0.5) is 10.1 Å². The Kier molecular flexibility index (Phi) is 7.84. The van der Waals surface area contributed by atoms with Gasteiger partial charge in [0.05, 0.1) is 24.7 Å². The van der Waals surface area contributed by atoms with E-state index in [1.54, 1.807) is 24.8 Å². The molecule has 0 saturated heterocycles. The smallest absolute Gasteiger partial charge is 0.338 e. The Morgan fingerprint density at radius 3 is 2.35 bits per heavy atom. The Morgan fingerprint density at radius 1 is 1.00 bits per heavy atom. The number of Topliss-reactive ketones (excluding diaryl/α,β-unsaturated/α-hetero) is 1. The third-order valence-corrected chi connectivity index (χ3v) is 8.22. The fourth-order valence-electron chi connectivity index (χ4n) is 5.60. The number of nitrogens with zero attached hydrogens (tertiary/aromatic N) is 1. The molecular weight excluding hydrogens is 531 g/mol. The molecular formula is C31H29FN2O5S. The Balaban J connectivity index is 1.82. The molecule has 0 spiro atoms. The fraction of sp³-hybridized carbons (Fsp3) is 0.258. The van der Waals surface area contributed by atoms with E-state index in [4.69, 9.17) is 15.2 Å². The van der Waals surface area contributed by atoms with Crippen molar-refractivity contribution >= 4 is 34.7 Å². The lowest BCUT2D eigenvalue weighted by atomic mass is 9.68. The standard InChI is InChI=1S/C31H29FN2O5S/c1-3-38-30(36)25-20(23-15-10-16-40-23)17-22-26(28(25)35)24(19-13-8-9-14-21(19)32)27(31(37)39-4-2)29(33)34(22)18-11-6-5-7-12-18/h5-16,20,24-25H,3-4,17,33H2,1-2H3. The van der Waals surface area contributed by atoms with Crippen LogP contribution in [0.3, 0.4) is 0 Å². The predicted octanol–water partition coefficient (Wildman–Crippen LogP) is 5.41. The molecule has 0 bridgehead atoms. The Labute approximate surface area is 235 Å². The number of carbonyl (C=O) groups is 3. The topological polar surface area (TPSA) is 98.9 Å². The number of rotatable bonds is 7. The summed E-state index contributed by atoms with van der Waals surface area (Å²) in [5, 5.41) is 1.89. The molecule has 3 aromatic rings. The van der Waals surface area contributed by atoms with Crippen LogP contribution in [0.15, 0.2) is 94.8 Å². The van der Waals surface area contributed by atoms with Crippen LogP contribution in [-0.4, -0.2) is 30.9 Å². The molecule has 9 heteroatoms. The average molecular weight is 561 g/mol. The number of ketones is 1. The molecule has 1 aromatic heterocycles. The van der Waals surface area contributed by atoms with Gasteiger partial charge < -0.3 is 15.2 Å². The number of ether oxygens (including phenoxy) is 2. The van der Waals surface area contributed by atoms with Crippen LogP contribution in [0.1, 0.15) is 42.5 Å². The van der Waals surface area contributed by atoms with E-state index in [1.165, 1.54) is 29.5 Å². The van der Waals surface area contributed by atoms with E-state index >= 15 is 4.39 Å². The molecule has 2 aromatic carbocycles. The summed E-state index contributed by atoms with van der Waals surface area (Å²) < 4.78 is 26.2. The first-order valence-corrected chi connectivity index (χ1v) is 14.0. The van der Waals surface area contributed by atoms with E-state index in [-0.39, 0.29) is 42.2 Å². The summed E-state index contributed by atoms with van der Waals surface area (Å²) in [6, 6.07) is 18.8. The lowest BCUT2D eigenvalue weighted by Crippen LogP contribution is -2.46. The Bertz CT molecular complexity index is 1500. The van der Waals surface area contributed by atoms with E-state index in [0.29, 0.717) is 11.4 Å². The van der Waals surface area contributed by atoms with Gasteiger partial charge in [0.15, 0.2) is 5.78 Å². The molecule has 3 unspecified atom stereocenters. The number of benzene rings is 2. The second-order valence-electron chi connectivity index (χ2n) is 9.43. The normalized spacial score (nSPS) is 20.8. The van der Waals surface area contributed by atoms with Crippen molar-refractivity contribution in [2.24, 2.45) is 11.7 Å². The summed E-state index contributed by atoms with van der Waals surface area (Å²) in [6.45, 7) is 3.48. The zero-order chi connectivity index (χ0) is 28.4. The number of esters is 2. The van der Waals surface area contributed by atoms with Gasteiger partial charge in [-0.05, 0) is 49.9 Å². The van der Waals surface area contributed by atoms with Gasteiger partial charge in [0.2, 0.25) is 0 Å². The Morgan fingerprint density at radius 2 is 1.70 bits per heavy atom. The molecule has 0 radical (unpaired) electrons. The van der Waals surface area contributed by atoms with Crippen molar-refractivity contribution < 1.29 is 28.2 Å². The number of anilines is 1. The van der Waals surface area contributed by atoms with Crippen LogP contribution in [0.25, 0.3) is 0 Å². The van der Waals surface area contributed by atoms with Crippen molar-refractivity contribution in [2.75, 3.05) is 18.1 Å². The van der Waals surface area contributed by atoms with Crippen molar-refractivity contribution in [3.8, 4) is 0 Å². The summed E-state index contributed by atoms with van der Waals surface area (Å²) >= 11 is 1.44. The average Bonchev–Trinajstić information content (AvgIpc) is 3.48. The van der Waals surface area contributed by atoms with Crippen molar-refractivity contribution in [1.82, 2.24) is 0 Å². The van der Waals surface area contributed by atoms with Crippen LogP contribution < -0.4 is 10.6 Å². The number of allylic oxidation sites excluding steroid dienone is 2. The second kappa shape index (κ2) is 11.5. The highest BCUT2D eigenvalue weighted by Gasteiger charge is 2.52. The number of hydrogen-bond acceptors (Lipinski definition) is 8. The van der Waals surface area contributed by atoms with E-state index < -0.39 is 41.3 Å². The van der Waals surface area contributed by atoms with Gasteiger partial charge in [0.1, 0.15) is 17.6 Å². The number of hydrogen-bond donors (Lipinski definition) is 1. The van der Waals surface area contributed by atoms with Gasteiger partial charge in [-0.1, -0.05) is 42.5 Å². The molecule has 0 saturated carbocycles. The SMILES string of the molecule is CCOC(=O)C1=C(N)N(c2ccccc2)C2=C(C(=O)C(C(=O)OCC)C(c3cccs3)C2)C1c1ccccc1F. The van der Waals surface area contributed by atoms with Crippen LogP contribution >= 0.6 is 11.3 Å². The minimum absolute atomic E-state index is 0.0453. The lowest BCUT2D eigenvalue weighted by Gasteiger charge is -2.43. The largest absolute Gasteiger partial charge is 0.465 e. The van der Waals surface area contributed by atoms with Crippen molar-refractivity contribution in [3.05, 3.63) is 111 Å². The minimum Gasteiger partial charge on any atom is -0.465 e. The van der Waals surface area contributed by atoms with E-state index in [0.717, 1.165) is 4.88 Å². The first kappa shape index (κ1) is 27.3. The summed E-state index contributed by atoms with van der Waals surface area (Å²) in [5.74, 6) is -5.39. The lowest BCUT2D eigenvalue weighted by molar-refractivity contribution is -0.152. The third-order valence-electron chi connectivity index (χ3n) is 7.21. The molecule has 5 rings (SSSR count). The monoisotopic (exact) mass is 560 g/mol. The number of nitrogens with two attached hydrogens (primary N) is 1. The summed E-state index contributed by atoms with van der Waals surface area (Å²) in [4.78, 5) is 43.9. The summed E-state index contributed by atoms with van der Waals surface area (Å²) in [7, 11) is 0. The molecule has 40 heavy (non-hydrogen) atoms. The zero-order valence-electron chi connectivity index (χ0n) is 22.1. The maximum Gasteiger partial charge on any atom is 0.338 e. The minimum atomic E-state index is -1.18. The molecule has 0 fully saturated rings. The van der Waals surface area contributed by atoms with Crippen LogP contribution in [0.5, 0.6) is 0 Å². The van der Waals surface area contributed by atoms with Gasteiger partial charge >= 0.3 is 11.9 Å². The molecule has 206 valence electrons. The molecule has 1 aliphatic heterocycles. The Hall–Kier alpha value is -4.24.